The Balaban J connectivity index is 0.715. The SMILES string of the molecule is CN1C2CCCCC2N(C2CCC(C3CCC(C4CCCC(C5NC6CCCNC6N5C)C4)C(C4CCC(N5C6CCCCC6N(C)C6CCCCC65)CC4)C3C3CCC(N4C5CCCCC5N(C)C5CCCCC54)CC3)CC2)C2CCCCC21. The summed E-state index contributed by atoms with van der Waals surface area (Å²) in [5.41, 5.74) is 0. The van der Waals surface area contributed by atoms with Gasteiger partial charge in [0, 0.05) is 96.7 Å². The summed E-state index contributed by atoms with van der Waals surface area (Å²) in [5, 5.41) is 8.38. The first kappa shape index (κ1) is 59.6. The van der Waals surface area contributed by atoms with E-state index in [0.717, 1.165) is 144 Å². The lowest BCUT2D eigenvalue weighted by molar-refractivity contribution is -0.126. The number of fused-ring (bicyclic) bond motifs is 7. The molecule has 0 radical (unpaired) electrons. The summed E-state index contributed by atoms with van der Waals surface area (Å²) >= 11 is 0. The molecule has 2 N–H and O–H groups in total. The molecule has 11 aliphatic carbocycles. The average Bonchev–Trinajstić information content (AvgIpc) is 2.10. The molecule has 480 valence electrons. The van der Waals surface area contributed by atoms with Gasteiger partial charge in [0.15, 0.2) is 0 Å². The smallest absolute Gasteiger partial charge is 0.0765 e. The Kier molecular flexibility index (Phi) is 18.1. The minimum Gasteiger partial charge on any atom is -0.300 e. The molecule has 0 aromatic carbocycles. The summed E-state index contributed by atoms with van der Waals surface area (Å²) in [6, 6.07) is 13.1. The third-order valence-electron chi connectivity index (χ3n) is 31.5. The third-order valence-corrected chi connectivity index (χ3v) is 31.5. The summed E-state index contributed by atoms with van der Waals surface area (Å²) in [6.45, 7) is 1.21. The summed E-state index contributed by atoms with van der Waals surface area (Å²) in [6.07, 6.45) is 67.1. The summed E-state index contributed by atoms with van der Waals surface area (Å²) in [5.74, 6) is 8.53. The molecule has 16 aliphatic rings. The monoisotopic (exact) mass is 1170 g/mol. The lowest BCUT2D eigenvalue weighted by Gasteiger charge is -2.62. The first-order chi connectivity index (χ1) is 41.9. The van der Waals surface area contributed by atoms with Gasteiger partial charge >= 0.3 is 0 Å². The van der Waals surface area contributed by atoms with Crippen LogP contribution in [0.25, 0.3) is 0 Å². The molecule has 21 unspecified atom stereocenters. The molecule has 5 saturated heterocycles. The lowest BCUT2D eigenvalue weighted by atomic mass is 9.49. The topological polar surface area (TPSA) is 46.7 Å². The number of piperidine rings is 1. The summed E-state index contributed by atoms with van der Waals surface area (Å²) in [4.78, 5) is 21.9. The van der Waals surface area contributed by atoms with Crippen molar-refractivity contribution in [1.29, 1.82) is 0 Å². The van der Waals surface area contributed by atoms with E-state index < -0.39 is 0 Å². The lowest BCUT2D eigenvalue weighted by Crippen LogP contribution is -2.71. The molecule has 9 heteroatoms. The number of likely N-dealkylation sites (N-methyl/N-ethyl adjacent to an activating group) is 4. The van der Waals surface area contributed by atoms with Crippen molar-refractivity contribution >= 4 is 0 Å². The van der Waals surface area contributed by atoms with Crippen LogP contribution >= 0.6 is 0 Å². The van der Waals surface area contributed by atoms with Crippen molar-refractivity contribution in [3.05, 3.63) is 0 Å². The zero-order valence-electron chi connectivity index (χ0n) is 55.5. The van der Waals surface area contributed by atoms with Gasteiger partial charge in [0.05, 0.1) is 12.3 Å². The van der Waals surface area contributed by atoms with Crippen LogP contribution in [0.4, 0.5) is 0 Å². The molecule has 85 heavy (non-hydrogen) atoms. The number of nitrogens with one attached hydrogen (secondary N) is 2. The quantitative estimate of drug-likeness (QED) is 0.248. The van der Waals surface area contributed by atoms with E-state index in [1.165, 1.54) is 231 Å². The van der Waals surface area contributed by atoms with Crippen LogP contribution in [0.5, 0.6) is 0 Å². The standard InChI is InChI=1S/C76H131N9/c1-79-61-22-5-11-28-67(61)83(68-29-12-6-23-62(68)79)55-40-34-50(35-41-55)58-46-47-59(53-19-17-20-54(49-53)75-78-60-21-18-48-77-76(60)82(75)4)74(52-38-44-57(45-39-52)85-71-32-15-9-26-65(71)81(3)66-27-10-16-33-72(66)85)73(58)51-36-42-56(43-37-51)84-69-30-13-7-24-63(69)80(2)64-25-8-14-31-70(64)84/h50-78H,5-49H2,1-4H3. The average molecular weight is 1170 g/mol. The van der Waals surface area contributed by atoms with Gasteiger partial charge < -0.3 is 5.32 Å². The van der Waals surface area contributed by atoms with Gasteiger partial charge in [0.2, 0.25) is 0 Å². The van der Waals surface area contributed by atoms with Gasteiger partial charge in [-0.05, 0) is 281 Å². The largest absolute Gasteiger partial charge is 0.300 e. The summed E-state index contributed by atoms with van der Waals surface area (Å²) < 4.78 is 0. The highest BCUT2D eigenvalue weighted by Gasteiger charge is 2.58. The van der Waals surface area contributed by atoms with Crippen molar-refractivity contribution in [2.45, 2.75) is 392 Å². The first-order valence-corrected chi connectivity index (χ1v) is 39.6. The van der Waals surface area contributed by atoms with Crippen LogP contribution in [-0.4, -0.2) is 178 Å². The molecule has 0 spiro atoms. The summed E-state index contributed by atoms with van der Waals surface area (Å²) in [7, 11) is 10.3. The van der Waals surface area contributed by atoms with Crippen molar-refractivity contribution in [2.24, 2.45) is 53.3 Å². The second kappa shape index (κ2) is 25.9. The molecule has 21 atom stereocenters. The molecule has 9 nitrogen and oxygen atoms in total. The van der Waals surface area contributed by atoms with Gasteiger partial charge in [-0.15, -0.1) is 0 Å². The van der Waals surface area contributed by atoms with Gasteiger partial charge in [-0.1, -0.05) is 89.9 Å². The maximum atomic E-state index is 4.37. The second-order valence-electron chi connectivity index (χ2n) is 34.7. The van der Waals surface area contributed by atoms with E-state index in [2.05, 4.69) is 73.1 Å². The minimum atomic E-state index is 0.545. The van der Waals surface area contributed by atoms with Gasteiger partial charge in [-0.2, -0.15) is 0 Å². The van der Waals surface area contributed by atoms with E-state index >= 15 is 0 Å². The Morgan fingerprint density at radius 3 is 0.941 bits per heavy atom. The fourth-order valence-corrected chi connectivity index (χ4v) is 28.1. The van der Waals surface area contributed by atoms with Crippen LogP contribution in [0, 0.1) is 53.3 Å². The van der Waals surface area contributed by atoms with Gasteiger partial charge in [-0.25, -0.2) is 0 Å². The molecule has 11 saturated carbocycles. The van der Waals surface area contributed by atoms with Crippen LogP contribution in [-0.2, 0) is 0 Å². The highest BCUT2D eigenvalue weighted by molar-refractivity contribution is 5.12. The number of hydrogen-bond donors (Lipinski definition) is 2. The molecular formula is C76H131N9. The van der Waals surface area contributed by atoms with Crippen molar-refractivity contribution in [1.82, 2.24) is 44.9 Å². The van der Waals surface area contributed by atoms with Crippen LogP contribution in [0.15, 0.2) is 0 Å². The van der Waals surface area contributed by atoms with E-state index in [1.54, 1.807) is 57.8 Å². The molecule has 16 rings (SSSR count). The third kappa shape index (κ3) is 10.9. The van der Waals surface area contributed by atoms with E-state index in [0.29, 0.717) is 18.4 Å². The number of piperazine rings is 3. The predicted octanol–water partition coefficient (Wildman–Crippen LogP) is 14.3. The predicted molar refractivity (Wildman–Crippen MR) is 350 cm³/mol. The molecule has 0 amide bonds. The van der Waals surface area contributed by atoms with Crippen LogP contribution < -0.4 is 10.6 Å². The van der Waals surface area contributed by atoms with E-state index in [9.17, 15) is 0 Å². The molecule has 0 bridgehead atoms. The minimum absolute atomic E-state index is 0.545. The molecule has 0 aromatic rings. The van der Waals surface area contributed by atoms with Crippen LogP contribution in [0.3, 0.4) is 0 Å². The Hall–Kier alpha value is -0.360. The highest BCUT2D eigenvalue weighted by Crippen LogP contribution is 2.61. The second-order valence-corrected chi connectivity index (χ2v) is 34.7. The normalized spacial score (nSPS) is 52.2. The fraction of sp³-hybridized carbons (Fsp3) is 1.00. The Morgan fingerprint density at radius 2 is 0.576 bits per heavy atom. The first-order valence-electron chi connectivity index (χ1n) is 39.6. The Labute approximate surface area is 521 Å². The van der Waals surface area contributed by atoms with Crippen LogP contribution in [0.1, 0.15) is 283 Å². The Morgan fingerprint density at radius 1 is 0.247 bits per heavy atom. The van der Waals surface area contributed by atoms with Crippen molar-refractivity contribution in [3.63, 3.8) is 0 Å². The van der Waals surface area contributed by atoms with E-state index in [-0.39, 0.29) is 0 Å². The maximum absolute atomic E-state index is 4.37. The number of nitrogens with zero attached hydrogens (tertiary/aromatic N) is 7. The highest BCUT2D eigenvalue weighted by atomic mass is 15.4. The molecule has 16 fully saturated rings. The number of hydrogen-bond acceptors (Lipinski definition) is 9. The zero-order chi connectivity index (χ0) is 56.9. The molecule has 5 heterocycles. The van der Waals surface area contributed by atoms with Gasteiger partial charge in [0.1, 0.15) is 0 Å². The van der Waals surface area contributed by atoms with Crippen LogP contribution in [0.2, 0.25) is 0 Å². The van der Waals surface area contributed by atoms with Gasteiger partial charge in [-0.3, -0.25) is 39.6 Å². The maximum Gasteiger partial charge on any atom is 0.0765 e. The number of rotatable bonds is 8. The molecular weight excluding hydrogens is 1040 g/mol. The van der Waals surface area contributed by atoms with E-state index in [1.807, 2.05) is 0 Å². The zero-order valence-corrected chi connectivity index (χ0v) is 55.5. The van der Waals surface area contributed by atoms with E-state index in [4.69, 9.17) is 0 Å². The van der Waals surface area contributed by atoms with Gasteiger partial charge in [0.25, 0.3) is 0 Å². The van der Waals surface area contributed by atoms with Crippen molar-refractivity contribution in [3.8, 4) is 0 Å². The molecule has 0 aromatic heterocycles. The fourth-order valence-electron chi connectivity index (χ4n) is 28.1. The molecule has 5 aliphatic heterocycles. The Bertz CT molecular complexity index is 2100. The van der Waals surface area contributed by atoms with Crippen molar-refractivity contribution < 1.29 is 0 Å². The van der Waals surface area contributed by atoms with Crippen molar-refractivity contribution in [2.75, 3.05) is 34.7 Å².